The number of benzene rings is 3. The largest absolute Gasteiger partial charge is 0.326 e. The fourth-order valence-corrected chi connectivity index (χ4v) is 5.00. The molecule has 0 spiro atoms. The third-order valence-corrected chi connectivity index (χ3v) is 6.53. The molecule has 2 amide bonds. The molecule has 0 radical (unpaired) electrons. The molecule has 3 aromatic rings. The number of halogens is 1. The van der Waals surface area contributed by atoms with E-state index in [-0.39, 0.29) is 28.9 Å². The molecule has 3 aromatic carbocycles. The number of carbonyl (C=O) groups excluding carboxylic acids is 2. The first-order chi connectivity index (χ1) is 15.1. The zero-order valence-electron chi connectivity index (χ0n) is 17.1. The molecule has 1 N–H and O–H groups in total. The summed E-state index contributed by atoms with van der Waals surface area (Å²) >= 11 is 1.49. The number of carbonyl (C=O) groups is 2. The molecule has 0 bridgehead atoms. The van der Waals surface area contributed by atoms with Crippen molar-refractivity contribution in [3.05, 3.63) is 95.8 Å². The van der Waals surface area contributed by atoms with Crippen molar-refractivity contribution >= 4 is 35.0 Å². The quantitative estimate of drug-likeness (QED) is 0.538. The first-order valence-electron chi connectivity index (χ1n) is 10.2. The summed E-state index contributed by atoms with van der Waals surface area (Å²) in [6.07, 6.45) is 0.690. The molecule has 1 heterocycles. The molecule has 0 aromatic heterocycles. The Morgan fingerprint density at radius 3 is 2.61 bits per heavy atom. The van der Waals surface area contributed by atoms with Crippen LogP contribution < -0.4 is 10.2 Å². The minimum absolute atomic E-state index is 0.0647. The molecule has 2 atom stereocenters. The molecule has 4 nitrogen and oxygen atoms in total. The van der Waals surface area contributed by atoms with Crippen LogP contribution >= 0.6 is 11.8 Å². The third kappa shape index (κ3) is 4.64. The number of amides is 2. The summed E-state index contributed by atoms with van der Waals surface area (Å²) in [5.41, 5.74) is 3.07. The van der Waals surface area contributed by atoms with Gasteiger partial charge in [0.05, 0.1) is 11.7 Å². The fourth-order valence-electron chi connectivity index (χ4n) is 3.83. The topological polar surface area (TPSA) is 49.4 Å². The molecular weight excluding hydrogens is 411 g/mol. The van der Waals surface area contributed by atoms with E-state index in [9.17, 15) is 14.0 Å². The maximum absolute atomic E-state index is 13.7. The van der Waals surface area contributed by atoms with Crippen LogP contribution in [0.2, 0.25) is 0 Å². The van der Waals surface area contributed by atoms with E-state index in [1.807, 2.05) is 61.5 Å². The van der Waals surface area contributed by atoms with Gasteiger partial charge >= 0.3 is 0 Å². The summed E-state index contributed by atoms with van der Waals surface area (Å²) in [7, 11) is 0. The predicted octanol–water partition coefficient (Wildman–Crippen LogP) is 5.74. The minimum atomic E-state index is -0.381. The van der Waals surface area contributed by atoms with Gasteiger partial charge in [-0.15, -0.1) is 11.8 Å². The molecule has 1 saturated heterocycles. The molecule has 0 unspecified atom stereocenters. The van der Waals surface area contributed by atoms with Crippen molar-refractivity contribution in [2.45, 2.75) is 24.6 Å². The normalized spacial score (nSPS) is 16.9. The summed E-state index contributed by atoms with van der Waals surface area (Å²) in [5.74, 6) is -0.429. The standard InChI is InChI=1S/C25H23FN2O2S/c1-2-22(17-8-4-3-5-9-17)24(30)27-20-12-6-10-18(14-20)25-28(23(29)16-31-25)21-13-7-11-19(26)15-21/h3-15,22,25H,2,16H2,1H3,(H,27,30)/t22-,25+/m1/s1. The maximum Gasteiger partial charge on any atom is 0.238 e. The van der Waals surface area contributed by atoms with E-state index >= 15 is 0 Å². The Hall–Kier alpha value is -3.12. The highest BCUT2D eigenvalue weighted by atomic mass is 32.2. The van der Waals surface area contributed by atoms with Gasteiger partial charge < -0.3 is 5.32 Å². The molecule has 158 valence electrons. The number of rotatable bonds is 6. The van der Waals surface area contributed by atoms with Crippen LogP contribution in [0.15, 0.2) is 78.9 Å². The number of hydrogen-bond acceptors (Lipinski definition) is 3. The Balaban J connectivity index is 1.56. The summed E-state index contributed by atoms with van der Waals surface area (Å²) < 4.78 is 13.7. The van der Waals surface area contributed by atoms with Gasteiger partial charge in [-0.25, -0.2) is 4.39 Å². The monoisotopic (exact) mass is 434 g/mol. The van der Waals surface area contributed by atoms with Crippen molar-refractivity contribution in [3.8, 4) is 0 Å². The summed E-state index contributed by atoms with van der Waals surface area (Å²) in [6.45, 7) is 1.99. The zero-order valence-corrected chi connectivity index (χ0v) is 17.9. The van der Waals surface area contributed by atoms with Gasteiger partial charge in [0.2, 0.25) is 11.8 Å². The van der Waals surface area contributed by atoms with Gasteiger partial charge in [-0.2, -0.15) is 0 Å². The Morgan fingerprint density at radius 2 is 1.87 bits per heavy atom. The Bertz CT molecular complexity index is 1090. The van der Waals surface area contributed by atoms with E-state index in [1.54, 1.807) is 17.0 Å². The van der Waals surface area contributed by atoms with E-state index in [2.05, 4.69) is 5.32 Å². The molecule has 1 aliphatic heterocycles. The van der Waals surface area contributed by atoms with Crippen molar-refractivity contribution in [2.24, 2.45) is 0 Å². The lowest BCUT2D eigenvalue weighted by molar-refractivity contribution is -0.118. The van der Waals surface area contributed by atoms with Gasteiger partial charge in [0.15, 0.2) is 0 Å². The van der Waals surface area contributed by atoms with E-state index in [0.29, 0.717) is 23.5 Å². The summed E-state index contributed by atoms with van der Waals surface area (Å²) in [6, 6.07) is 23.3. The fraction of sp³-hybridized carbons (Fsp3) is 0.200. The Morgan fingerprint density at radius 1 is 1.10 bits per heavy atom. The first-order valence-corrected chi connectivity index (χ1v) is 11.3. The molecule has 6 heteroatoms. The SMILES string of the molecule is CC[C@@H](C(=O)Nc1cccc([C@@H]2SCC(=O)N2c2cccc(F)c2)c1)c1ccccc1. The van der Waals surface area contributed by atoms with Crippen LogP contribution in [-0.2, 0) is 9.59 Å². The second-order valence-corrected chi connectivity index (χ2v) is 8.46. The zero-order chi connectivity index (χ0) is 21.8. The van der Waals surface area contributed by atoms with E-state index in [0.717, 1.165) is 11.1 Å². The van der Waals surface area contributed by atoms with Crippen LogP contribution in [0.4, 0.5) is 15.8 Å². The van der Waals surface area contributed by atoms with Crippen molar-refractivity contribution in [1.82, 2.24) is 0 Å². The van der Waals surface area contributed by atoms with Gasteiger partial charge in [-0.3, -0.25) is 14.5 Å². The Kier molecular flexibility index (Phi) is 6.37. The van der Waals surface area contributed by atoms with E-state index in [1.165, 1.54) is 23.9 Å². The molecule has 1 fully saturated rings. The van der Waals surface area contributed by atoms with Gasteiger partial charge in [0.25, 0.3) is 0 Å². The lowest BCUT2D eigenvalue weighted by atomic mass is 9.95. The molecule has 31 heavy (non-hydrogen) atoms. The van der Waals surface area contributed by atoms with Crippen LogP contribution in [0.25, 0.3) is 0 Å². The highest BCUT2D eigenvalue weighted by molar-refractivity contribution is 8.00. The smallest absolute Gasteiger partial charge is 0.238 e. The maximum atomic E-state index is 13.7. The molecular formula is C25H23FN2O2S. The highest BCUT2D eigenvalue weighted by Gasteiger charge is 2.34. The molecule has 1 aliphatic rings. The Labute approximate surface area is 185 Å². The number of thioether (sulfide) groups is 1. The predicted molar refractivity (Wildman–Crippen MR) is 124 cm³/mol. The molecule has 0 aliphatic carbocycles. The highest BCUT2D eigenvalue weighted by Crippen LogP contribution is 2.42. The summed E-state index contributed by atoms with van der Waals surface area (Å²) in [5, 5.41) is 2.74. The minimum Gasteiger partial charge on any atom is -0.326 e. The van der Waals surface area contributed by atoms with E-state index in [4.69, 9.17) is 0 Å². The van der Waals surface area contributed by atoms with Crippen molar-refractivity contribution < 1.29 is 14.0 Å². The van der Waals surface area contributed by atoms with Crippen molar-refractivity contribution in [3.63, 3.8) is 0 Å². The van der Waals surface area contributed by atoms with Crippen LogP contribution in [0.3, 0.4) is 0 Å². The summed E-state index contributed by atoms with van der Waals surface area (Å²) in [4.78, 5) is 27.1. The van der Waals surface area contributed by atoms with Gasteiger partial charge in [0.1, 0.15) is 11.2 Å². The number of anilines is 2. The van der Waals surface area contributed by atoms with Gasteiger partial charge in [-0.1, -0.05) is 55.5 Å². The van der Waals surface area contributed by atoms with Crippen LogP contribution in [0, 0.1) is 5.82 Å². The number of nitrogens with one attached hydrogen (secondary N) is 1. The van der Waals surface area contributed by atoms with E-state index < -0.39 is 0 Å². The van der Waals surface area contributed by atoms with Crippen molar-refractivity contribution in [1.29, 1.82) is 0 Å². The van der Waals surface area contributed by atoms with Gasteiger partial charge in [0, 0.05) is 11.4 Å². The lowest BCUT2D eigenvalue weighted by Gasteiger charge is -2.25. The van der Waals surface area contributed by atoms with Gasteiger partial charge in [-0.05, 0) is 47.9 Å². The second kappa shape index (κ2) is 9.35. The second-order valence-electron chi connectivity index (χ2n) is 7.39. The average molecular weight is 435 g/mol. The molecule has 4 rings (SSSR count). The number of nitrogens with zero attached hydrogens (tertiary/aromatic N) is 1. The van der Waals surface area contributed by atoms with Crippen molar-refractivity contribution in [2.75, 3.05) is 16.0 Å². The van der Waals surface area contributed by atoms with Crippen LogP contribution in [-0.4, -0.2) is 17.6 Å². The lowest BCUT2D eigenvalue weighted by Crippen LogP contribution is -2.28. The average Bonchev–Trinajstić information content (AvgIpc) is 3.16. The first kappa shape index (κ1) is 21.1. The number of hydrogen-bond donors (Lipinski definition) is 1. The van der Waals surface area contributed by atoms with Crippen LogP contribution in [0.5, 0.6) is 0 Å². The van der Waals surface area contributed by atoms with Crippen LogP contribution in [0.1, 0.15) is 35.8 Å². The third-order valence-electron chi connectivity index (χ3n) is 5.32. The molecule has 0 saturated carbocycles.